The van der Waals surface area contributed by atoms with Crippen LogP contribution in [0.1, 0.15) is 48.1 Å². The zero-order valence-electron chi connectivity index (χ0n) is 16.2. The molecule has 0 aliphatic carbocycles. The number of piperidine rings is 1. The maximum absolute atomic E-state index is 12.9. The SMILES string of the molecule is CC1CCCCN1S(=O)(=O)c1ccc(C(=O)NC(C(N)=O)c2ccccc2)cc1. The van der Waals surface area contributed by atoms with E-state index >= 15 is 0 Å². The predicted molar refractivity (Wildman–Crippen MR) is 109 cm³/mol. The van der Waals surface area contributed by atoms with Gasteiger partial charge in [-0.2, -0.15) is 4.31 Å². The molecule has 0 aromatic heterocycles. The Morgan fingerprint density at radius 2 is 1.72 bits per heavy atom. The van der Waals surface area contributed by atoms with Crippen molar-refractivity contribution in [3.05, 3.63) is 65.7 Å². The topological polar surface area (TPSA) is 110 Å². The smallest absolute Gasteiger partial charge is 0.252 e. The maximum atomic E-state index is 12.9. The Morgan fingerprint density at radius 1 is 1.07 bits per heavy atom. The molecule has 2 aromatic rings. The third-order valence-electron chi connectivity index (χ3n) is 5.16. The van der Waals surface area contributed by atoms with Crippen LogP contribution >= 0.6 is 0 Å². The van der Waals surface area contributed by atoms with Crippen LogP contribution in [0.5, 0.6) is 0 Å². The number of hydrogen-bond acceptors (Lipinski definition) is 4. The monoisotopic (exact) mass is 415 g/mol. The number of nitrogens with two attached hydrogens (primary N) is 1. The third-order valence-corrected chi connectivity index (χ3v) is 7.19. The van der Waals surface area contributed by atoms with Crippen molar-refractivity contribution < 1.29 is 18.0 Å². The van der Waals surface area contributed by atoms with Crippen LogP contribution in [-0.4, -0.2) is 37.1 Å². The predicted octanol–water partition coefficient (Wildman–Crippen LogP) is 2.21. The fraction of sp³-hybridized carbons (Fsp3) is 0.333. The van der Waals surface area contributed by atoms with Gasteiger partial charge < -0.3 is 11.1 Å². The highest BCUT2D eigenvalue weighted by atomic mass is 32.2. The molecule has 7 nitrogen and oxygen atoms in total. The summed E-state index contributed by atoms with van der Waals surface area (Å²) in [7, 11) is -3.61. The molecule has 2 atom stereocenters. The van der Waals surface area contributed by atoms with E-state index in [9.17, 15) is 18.0 Å². The number of rotatable bonds is 6. The van der Waals surface area contributed by atoms with Crippen molar-refractivity contribution in [2.45, 2.75) is 43.2 Å². The summed E-state index contributed by atoms with van der Waals surface area (Å²) in [5, 5.41) is 2.60. The van der Waals surface area contributed by atoms with Crippen molar-refractivity contribution in [1.82, 2.24) is 9.62 Å². The Bertz CT molecular complexity index is 975. The average Bonchev–Trinajstić information content (AvgIpc) is 2.72. The van der Waals surface area contributed by atoms with Crippen LogP contribution < -0.4 is 11.1 Å². The number of sulfonamides is 1. The van der Waals surface area contributed by atoms with Gasteiger partial charge in [-0.1, -0.05) is 36.8 Å². The molecule has 0 spiro atoms. The number of benzene rings is 2. The number of carbonyl (C=O) groups excluding carboxylic acids is 2. The second-order valence-corrected chi connectivity index (χ2v) is 9.10. The van der Waals surface area contributed by atoms with Crippen LogP contribution in [0.25, 0.3) is 0 Å². The van der Waals surface area contributed by atoms with Gasteiger partial charge >= 0.3 is 0 Å². The van der Waals surface area contributed by atoms with Crippen LogP contribution in [-0.2, 0) is 14.8 Å². The fourth-order valence-corrected chi connectivity index (χ4v) is 5.22. The van der Waals surface area contributed by atoms with Gasteiger partial charge in [-0.05, 0) is 49.6 Å². The molecule has 1 heterocycles. The highest BCUT2D eigenvalue weighted by molar-refractivity contribution is 7.89. The van der Waals surface area contributed by atoms with E-state index in [1.165, 1.54) is 28.6 Å². The zero-order chi connectivity index (χ0) is 21.0. The second-order valence-electron chi connectivity index (χ2n) is 7.20. The second kappa shape index (κ2) is 8.75. The zero-order valence-corrected chi connectivity index (χ0v) is 17.1. The number of amides is 2. The summed E-state index contributed by atoms with van der Waals surface area (Å²) in [4.78, 5) is 24.5. The van der Waals surface area contributed by atoms with E-state index in [1.54, 1.807) is 30.3 Å². The number of nitrogens with zero attached hydrogens (tertiary/aromatic N) is 1. The van der Waals surface area contributed by atoms with Gasteiger partial charge in [-0.3, -0.25) is 9.59 Å². The third kappa shape index (κ3) is 4.65. The Labute approximate surface area is 171 Å². The lowest BCUT2D eigenvalue weighted by Gasteiger charge is -2.32. The summed E-state index contributed by atoms with van der Waals surface area (Å²) in [5.74, 6) is -1.18. The molecule has 154 valence electrons. The number of nitrogens with one attached hydrogen (secondary N) is 1. The number of primary amides is 1. The normalized spacial score (nSPS) is 18.7. The minimum atomic E-state index is -3.61. The molecule has 1 fully saturated rings. The summed E-state index contributed by atoms with van der Waals surface area (Å²) < 4.78 is 27.3. The fourth-order valence-electron chi connectivity index (χ4n) is 3.52. The van der Waals surface area contributed by atoms with Gasteiger partial charge in [0.25, 0.3) is 5.91 Å². The van der Waals surface area contributed by atoms with E-state index in [-0.39, 0.29) is 16.5 Å². The molecule has 1 saturated heterocycles. The molecular formula is C21H25N3O4S. The van der Waals surface area contributed by atoms with Gasteiger partial charge in [-0.25, -0.2) is 8.42 Å². The first-order chi connectivity index (χ1) is 13.8. The summed E-state index contributed by atoms with van der Waals surface area (Å²) >= 11 is 0. The molecule has 2 unspecified atom stereocenters. The van der Waals surface area contributed by atoms with Gasteiger partial charge in [-0.15, -0.1) is 0 Å². The Morgan fingerprint density at radius 3 is 2.31 bits per heavy atom. The molecule has 2 aromatic carbocycles. The highest BCUT2D eigenvalue weighted by Crippen LogP contribution is 2.25. The van der Waals surface area contributed by atoms with Crippen molar-refractivity contribution in [3.63, 3.8) is 0 Å². The van der Waals surface area contributed by atoms with Crippen LogP contribution in [0, 0.1) is 0 Å². The molecular weight excluding hydrogens is 390 g/mol. The van der Waals surface area contributed by atoms with Crippen molar-refractivity contribution in [2.75, 3.05) is 6.54 Å². The summed E-state index contributed by atoms with van der Waals surface area (Å²) in [6.45, 7) is 2.41. The van der Waals surface area contributed by atoms with Crippen LogP contribution in [0.3, 0.4) is 0 Å². The van der Waals surface area contributed by atoms with Crippen molar-refractivity contribution in [3.8, 4) is 0 Å². The molecule has 8 heteroatoms. The summed E-state index contributed by atoms with van der Waals surface area (Å²) in [6, 6.07) is 13.4. The number of carbonyl (C=O) groups is 2. The van der Waals surface area contributed by atoms with Crippen LogP contribution in [0.15, 0.2) is 59.5 Å². The lowest BCUT2D eigenvalue weighted by atomic mass is 10.1. The average molecular weight is 416 g/mol. The molecule has 1 aliphatic rings. The molecule has 2 amide bonds. The van der Waals surface area contributed by atoms with Gasteiger partial charge in [0.05, 0.1) is 4.90 Å². The quantitative estimate of drug-likeness (QED) is 0.754. The standard InChI is InChI=1S/C21H25N3O4S/c1-15-7-5-6-14-24(15)29(27,28)18-12-10-17(11-13-18)21(26)23-19(20(22)25)16-8-3-2-4-9-16/h2-4,8-13,15,19H,5-7,14H2,1H3,(H2,22,25)(H,23,26). The van der Waals surface area contributed by atoms with Gasteiger partial charge in [0.1, 0.15) is 6.04 Å². The Balaban J connectivity index is 1.77. The molecule has 3 rings (SSSR count). The van der Waals surface area contributed by atoms with Gasteiger partial charge in [0.2, 0.25) is 15.9 Å². The van der Waals surface area contributed by atoms with E-state index in [4.69, 9.17) is 5.73 Å². The van der Waals surface area contributed by atoms with E-state index < -0.39 is 27.9 Å². The van der Waals surface area contributed by atoms with Crippen molar-refractivity contribution in [2.24, 2.45) is 5.73 Å². The lowest BCUT2D eigenvalue weighted by Crippen LogP contribution is -2.41. The molecule has 0 radical (unpaired) electrons. The van der Waals surface area contributed by atoms with E-state index in [0.717, 1.165) is 19.3 Å². The summed E-state index contributed by atoms with van der Waals surface area (Å²) in [5.41, 5.74) is 6.26. The molecule has 1 aliphatic heterocycles. The van der Waals surface area contributed by atoms with E-state index in [1.807, 2.05) is 6.92 Å². The molecule has 3 N–H and O–H groups in total. The van der Waals surface area contributed by atoms with Gasteiger partial charge in [0, 0.05) is 18.2 Å². The highest BCUT2D eigenvalue weighted by Gasteiger charge is 2.31. The Kier molecular flexibility index (Phi) is 6.34. The summed E-state index contributed by atoms with van der Waals surface area (Å²) in [6.07, 6.45) is 2.71. The minimum absolute atomic E-state index is 0.0427. The van der Waals surface area contributed by atoms with E-state index in [0.29, 0.717) is 12.1 Å². The van der Waals surface area contributed by atoms with Crippen molar-refractivity contribution in [1.29, 1.82) is 0 Å². The largest absolute Gasteiger partial charge is 0.368 e. The Hall–Kier alpha value is -2.71. The molecule has 0 bridgehead atoms. The van der Waals surface area contributed by atoms with Crippen molar-refractivity contribution >= 4 is 21.8 Å². The molecule has 29 heavy (non-hydrogen) atoms. The first-order valence-electron chi connectivity index (χ1n) is 9.58. The first-order valence-corrected chi connectivity index (χ1v) is 11.0. The lowest BCUT2D eigenvalue weighted by molar-refractivity contribution is -0.120. The number of hydrogen-bond donors (Lipinski definition) is 2. The maximum Gasteiger partial charge on any atom is 0.252 e. The first kappa shape index (κ1) is 21.0. The van der Waals surface area contributed by atoms with Crippen LogP contribution in [0.4, 0.5) is 0 Å². The van der Waals surface area contributed by atoms with E-state index in [2.05, 4.69) is 5.32 Å². The van der Waals surface area contributed by atoms with Gasteiger partial charge in [0.15, 0.2) is 0 Å². The van der Waals surface area contributed by atoms with Crippen LogP contribution in [0.2, 0.25) is 0 Å². The molecule has 0 saturated carbocycles. The minimum Gasteiger partial charge on any atom is -0.368 e.